The van der Waals surface area contributed by atoms with Crippen LogP contribution in [-0.2, 0) is 27.2 Å². The summed E-state index contributed by atoms with van der Waals surface area (Å²) in [6.45, 7) is 8.69. The minimum absolute atomic E-state index is 0.184. The van der Waals surface area contributed by atoms with E-state index in [0.29, 0.717) is 18.0 Å². The van der Waals surface area contributed by atoms with Gasteiger partial charge in [0.25, 0.3) is 0 Å². The van der Waals surface area contributed by atoms with Crippen LogP contribution in [0.3, 0.4) is 0 Å². The van der Waals surface area contributed by atoms with Crippen LogP contribution in [0.15, 0.2) is 18.2 Å². The Morgan fingerprint density at radius 3 is 2.73 bits per heavy atom. The van der Waals surface area contributed by atoms with Gasteiger partial charge in [-0.2, -0.15) is 0 Å². The Labute approximate surface area is 194 Å². The number of esters is 1. The van der Waals surface area contributed by atoms with Crippen molar-refractivity contribution in [2.75, 3.05) is 26.8 Å². The second kappa shape index (κ2) is 8.01. The van der Waals surface area contributed by atoms with Crippen molar-refractivity contribution in [3.8, 4) is 0 Å². The lowest BCUT2D eigenvalue weighted by Gasteiger charge is -2.33. The van der Waals surface area contributed by atoms with Gasteiger partial charge in [-0.25, -0.2) is 14.6 Å². The first-order chi connectivity index (χ1) is 15.7. The summed E-state index contributed by atoms with van der Waals surface area (Å²) in [6.07, 6.45) is 3.93. The van der Waals surface area contributed by atoms with Crippen molar-refractivity contribution in [3.63, 3.8) is 0 Å². The normalized spacial score (nSPS) is 26.5. The van der Waals surface area contributed by atoms with Crippen LogP contribution in [0.5, 0.6) is 0 Å². The predicted octanol–water partition coefficient (Wildman–Crippen LogP) is 3.80. The van der Waals surface area contributed by atoms with E-state index in [1.165, 1.54) is 7.11 Å². The number of benzene rings is 1. The number of imidazole rings is 1. The standard InChI is InChI=1S/C25H33N3O5/c1-24(2,3)33-23(30)27-9-8-25(12-17(25)14-27)13-21-26-19-6-5-16(22(29)31-4)11-20(19)28(21)15-18-7-10-32-18/h5-6,11,17-18H,7-10,12-15H2,1-4H3/t17?,18-,25?/m0/s1. The molecule has 178 valence electrons. The number of rotatable bonds is 5. The Hall–Kier alpha value is -2.61. The molecule has 1 aromatic carbocycles. The molecule has 1 amide bonds. The summed E-state index contributed by atoms with van der Waals surface area (Å²) in [5.74, 6) is 1.16. The molecule has 0 spiro atoms. The van der Waals surface area contributed by atoms with E-state index >= 15 is 0 Å². The molecular weight excluding hydrogens is 422 g/mol. The molecule has 5 rings (SSSR count). The van der Waals surface area contributed by atoms with Gasteiger partial charge < -0.3 is 23.7 Å². The number of piperidine rings is 1. The molecule has 1 saturated carbocycles. The van der Waals surface area contributed by atoms with E-state index in [-0.39, 0.29) is 23.6 Å². The molecule has 1 aliphatic carbocycles. The molecule has 2 saturated heterocycles. The Morgan fingerprint density at radius 2 is 2.09 bits per heavy atom. The van der Waals surface area contributed by atoms with E-state index in [0.717, 1.165) is 62.2 Å². The quantitative estimate of drug-likeness (QED) is 0.638. The lowest BCUT2D eigenvalue weighted by molar-refractivity contribution is -0.0591. The molecule has 33 heavy (non-hydrogen) atoms. The van der Waals surface area contributed by atoms with Gasteiger partial charge in [0, 0.05) is 26.1 Å². The van der Waals surface area contributed by atoms with Crippen molar-refractivity contribution in [1.82, 2.24) is 14.5 Å². The largest absolute Gasteiger partial charge is 0.465 e. The molecule has 3 atom stereocenters. The SMILES string of the molecule is COC(=O)c1ccc2nc(CC34CCN(C(=O)OC(C)(C)C)CC3C4)n(C[C@@H]3CCO3)c2c1. The van der Waals surface area contributed by atoms with Crippen LogP contribution in [0.1, 0.15) is 56.2 Å². The lowest BCUT2D eigenvalue weighted by atomic mass is 9.91. The van der Waals surface area contributed by atoms with E-state index in [1.807, 2.05) is 37.8 Å². The van der Waals surface area contributed by atoms with Gasteiger partial charge in [-0.15, -0.1) is 0 Å². The Morgan fingerprint density at radius 1 is 1.30 bits per heavy atom. The third kappa shape index (κ3) is 4.33. The highest BCUT2D eigenvalue weighted by Gasteiger charge is 2.57. The van der Waals surface area contributed by atoms with Crippen LogP contribution in [0, 0.1) is 11.3 Å². The van der Waals surface area contributed by atoms with Gasteiger partial charge >= 0.3 is 12.1 Å². The van der Waals surface area contributed by atoms with Crippen LogP contribution < -0.4 is 0 Å². The molecule has 0 bridgehead atoms. The molecule has 8 heteroatoms. The molecular formula is C25H33N3O5. The lowest BCUT2D eigenvalue weighted by Crippen LogP contribution is -2.42. The summed E-state index contributed by atoms with van der Waals surface area (Å²) in [4.78, 5) is 31.4. The average molecular weight is 456 g/mol. The van der Waals surface area contributed by atoms with Crippen molar-refractivity contribution in [3.05, 3.63) is 29.6 Å². The number of hydrogen-bond acceptors (Lipinski definition) is 6. The molecule has 2 aromatic rings. The molecule has 8 nitrogen and oxygen atoms in total. The van der Waals surface area contributed by atoms with Gasteiger partial charge in [0.15, 0.2) is 0 Å². The highest BCUT2D eigenvalue weighted by Crippen LogP contribution is 2.59. The van der Waals surface area contributed by atoms with Gasteiger partial charge in [0.05, 0.1) is 36.4 Å². The van der Waals surface area contributed by atoms with Gasteiger partial charge in [-0.05, 0) is 69.6 Å². The number of nitrogens with zero attached hydrogens (tertiary/aromatic N) is 3. The average Bonchev–Trinajstić information content (AvgIpc) is 3.34. The Bertz CT molecular complexity index is 1080. The smallest absolute Gasteiger partial charge is 0.410 e. The molecule has 2 unspecified atom stereocenters. The van der Waals surface area contributed by atoms with E-state index in [9.17, 15) is 9.59 Å². The fourth-order valence-corrected chi connectivity index (χ4v) is 5.21. The zero-order chi connectivity index (χ0) is 23.4. The highest BCUT2D eigenvalue weighted by molar-refractivity contribution is 5.93. The molecule has 0 N–H and O–H groups in total. The third-order valence-electron chi connectivity index (χ3n) is 7.27. The number of methoxy groups -OCH3 is 1. The number of likely N-dealkylation sites (tertiary alicyclic amines) is 1. The topological polar surface area (TPSA) is 82.9 Å². The summed E-state index contributed by atoms with van der Waals surface area (Å²) >= 11 is 0. The van der Waals surface area contributed by atoms with E-state index in [2.05, 4.69) is 4.57 Å². The van der Waals surface area contributed by atoms with Crippen LogP contribution in [0.4, 0.5) is 4.79 Å². The maximum Gasteiger partial charge on any atom is 0.410 e. The summed E-state index contributed by atoms with van der Waals surface area (Å²) in [5.41, 5.74) is 2.07. The van der Waals surface area contributed by atoms with E-state index < -0.39 is 5.60 Å². The minimum Gasteiger partial charge on any atom is -0.465 e. The first-order valence-corrected chi connectivity index (χ1v) is 11.8. The van der Waals surface area contributed by atoms with Gasteiger partial charge in [0.1, 0.15) is 11.4 Å². The number of amides is 1. The summed E-state index contributed by atoms with van der Waals surface area (Å²) in [5, 5.41) is 0. The molecule has 2 aliphatic heterocycles. The second-order valence-electron chi connectivity index (χ2n) is 10.7. The van der Waals surface area contributed by atoms with Gasteiger partial charge in [-0.1, -0.05) is 0 Å². The van der Waals surface area contributed by atoms with Crippen molar-refractivity contribution in [2.45, 2.75) is 64.7 Å². The molecule has 3 aliphatic rings. The first kappa shape index (κ1) is 22.2. The Balaban J connectivity index is 1.36. The zero-order valence-electron chi connectivity index (χ0n) is 19.9. The maximum atomic E-state index is 12.5. The maximum absolute atomic E-state index is 12.5. The van der Waals surface area contributed by atoms with Crippen LogP contribution >= 0.6 is 0 Å². The fraction of sp³-hybridized carbons (Fsp3) is 0.640. The predicted molar refractivity (Wildman–Crippen MR) is 122 cm³/mol. The number of hydrogen-bond donors (Lipinski definition) is 0. The van der Waals surface area contributed by atoms with Gasteiger partial charge in [0.2, 0.25) is 0 Å². The number of aromatic nitrogens is 2. The molecule has 0 radical (unpaired) electrons. The van der Waals surface area contributed by atoms with Crippen LogP contribution in [0.2, 0.25) is 0 Å². The fourth-order valence-electron chi connectivity index (χ4n) is 5.21. The monoisotopic (exact) mass is 455 g/mol. The summed E-state index contributed by atoms with van der Waals surface area (Å²) in [7, 11) is 1.40. The van der Waals surface area contributed by atoms with Crippen LogP contribution in [-0.4, -0.2) is 65.0 Å². The van der Waals surface area contributed by atoms with E-state index in [4.69, 9.17) is 19.2 Å². The highest BCUT2D eigenvalue weighted by atomic mass is 16.6. The molecule has 1 aromatic heterocycles. The minimum atomic E-state index is -0.479. The Kier molecular flexibility index (Phi) is 5.39. The zero-order valence-corrected chi connectivity index (χ0v) is 19.9. The van der Waals surface area contributed by atoms with Crippen molar-refractivity contribution in [2.24, 2.45) is 11.3 Å². The van der Waals surface area contributed by atoms with Crippen molar-refractivity contribution < 1.29 is 23.8 Å². The third-order valence-corrected chi connectivity index (χ3v) is 7.27. The van der Waals surface area contributed by atoms with Crippen molar-refractivity contribution >= 4 is 23.1 Å². The first-order valence-electron chi connectivity index (χ1n) is 11.8. The summed E-state index contributed by atoms with van der Waals surface area (Å²) < 4.78 is 18.4. The second-order valence-corrected chi connectivity index (χ2v) is 10.7. The van der Waals surface area contributed by atoms with E-state index in [1.54, 1.807) is 6.07 Å². The number of carbonyl (C=O) groups is 2. The molecule has 3 heterocycles. The number of ether oxygens (including phenoxy) is 3. The summed E-state index contributed by atoms with van der Waals surface area (Å²) in [6, 6.07) is 5.55. The van der Waals surface area contributed by atoms with Gasteiger partial charge in [-0.3, -0.25) is 0 Å². The molecule has 3 fully saturated rings. The van der Waals surface area contributed by atoms with Crippen molar-refractivity contribution in [1.29, 1.82) is 0 Å². The van der Waals surface area contributed by atoms with Crippen LogP contribution in [0.25, 0.3) is 11.0 Å². The number of carbonyl (C=O) groups excluding carboxylic acids is 2. The number of fused-ring (bicyclic) bond motifs is 2.